The predicted octanol–water partition coefficient (Wildman–Crippen LogP) is 0.736. The number of rotatable bonds is 7. The molecule has 0 saturated carbocycles. The van der Waals surface area contributed by atoms with E-state index in [1.165, 1.54) is 25.1 Å². The molecule has 3 atom stereocenters. The zero-order valence-corrected chi connectivity index (χ0v) is 11.1. The molecule has 1 aromatic carbocycles. The first kappa shape index (κ1) is 16.3. The number of hydrogen-bond donors (Lipinski definition) is 3. The summed E-state index contributed by atoms with van der Waals surface area (Å²) in [4.78, 5) is 22.9. The van der Waals surface area contributed by atoms with Crippen molar-refractivity contribution >= 4 is 11.8 Å². The Balaban J connectivity index is 2.75. The number of carbonyl (C=O) groups excluding carboxylic acids is 1. The Kier molecular flexibility index (Phi) is 5.79. The highest BCUT2D eigenvalue weighted by Crippen LogP contribution is 2.15. The molecule has 0 aliphatic rings. The van der Waals surface area contributed by atoms with Crippen molar-refractivity contribution in [2.45, 2.75) is 31.9 Å². The SMILES string of the molecule is C[C@H](O)[C@@H](N)C(=O)CC(Cc1cccc(F)c1)C(=O)O. The quantitative estimate of drug-likeness (QED) is 0.685. The summed E-state index contributed by atoms with van der Waals surface area (Å²) in [6, 6.07) is 4.46. The van der Waals surface area contributed by atoms with Crippen LogP contribution in [-0.4, -0.2) is 34.1 Å². The van der Waals surface area contributed by atoms with Crippen molar-refractivity contribution in [1.82, 2.24) is 0 Å². The Labute approximate surface area is 116 Å². The number of nitrogens with two attached hydrogens (primary N) is 1. The lowest BCUT2D eigenvalue weighted by molar-refractivity contribution is -0.144. The van der Waals surface area contributed by atoms with Crippen molar-refractivity contribution in [2.24, 2.45) is 11.7 Å². The fourth-order valence-corrected chi connectivity index (χ4v) is 1.84. The zero-order valence-electron chi connectivity index (χ0n) is 11.1. The maximum absolute atomic E-state index is 13.0. The summed E-state index contributed by atoms with van der Waals surface area (Å²) in [5.41, 5.74) is 5.97. The number of benzene rings is 1. The summed E-state index contributed by atoms with van der Waals surface area (Å²) in [5.74, 6) is -3.13. The van der Waals surface area contributed by atoms with Crippen LogP contribution in [0.15, 0.2) is 24.3 Å². The highest BCUT2D eigenvalue weighted by Gasteiger charge is 2.26. The number of carboxylic acids is 1. The number of halogens is 1. The summed E-state index contributed by atoms with van der Waals surface area (Å²) in [6.45, 7) is 1.37. The molecule has 1 unspecified atom stereocenters. The first-order valence-corrected chi connectivity index (χ1v) is 6.25. The van der Waals surface area contributed by atoms with Gasteiger partial charge in [0.15, 0.2) is 5.78 Å². The van der Waals surface area contributed by atoms with Crippen molar-refractivity contribution in [2.75, 3.05) is 0 Å². The van der Waals surface area contributed by atoms with E-state index in [0.29, 0.717) is 5.56 Å². The zero-order chi connectivity index (χ0) is 15.3. The molecular weight excluding hydrogens is 265 g/mol. The van der Waals surface area contributed by atoms with Crippen LogP contribution in [0.3, 0.4) is 0 Å². The van der Waals surface area contributed by atoms with E-state index in [1.807, 2.05) is 0 Å². The number of ketones is 1. The molecule has 0 aliphatic heterocycles. The van der Waals surface area contributed by atoms with Gasteiger partial charge in [-0.1, -0.05) is 12.1 Å². The minimum absolute atomic E-state index is 0.0331. The number of hydrogen-bond acceptors (Lipinski definition) is 4. The summed E-state index contributed by atoms with van der Waals surface area (Å²) in [6.07, 6.45) is -1.30. The van der Waals surface area contributed by atoms with Gasteiger partial charge in [0.25, 0.3) is 0 Å². The molecule has 0 amide bonds. The van der Waals surface area contributed by atoms with Crippen LogP contribution in [0.4, 0.5) is 4.39 Å². The Morgan fingerprint density at radius 1 is 1.40 bits per heavy atom. The van der Waals surface area contributed by atoms with Gasteiger partial charge in [0.1, 0.15) is 5.82 Å². The minimum Gasteiger partial charge on any atom is -0.481 e. The second-order valence-corrected chi connectivity index (χ2v) is 4.81. The number of aliphatic carboxylic acids is 1. The lowest BCUT2D eigenvalue weighted by Gasteiger charge is -2.17. The number of aliphatic hydroxyl groups excluding tert-OH is 1. The molecule has 0 spiro atoms. The van der Waals surface area contributed by atoms with E-state index in [4.69, 9.17) is 10.8 Å². The maximum Gasteiger partial charge on any atom is 0.307 e. The van der Waals surface area contributed by atoms with Gasteiger partial charge in [-0.05, 0) is 31.0 Å². The van der Waals surface area contributed by atoms with Crippen LogP contribution >= 0.6 is 0 Å². The Bertz CT molecular complexity index is 490. The van der Waals surface area contributed by atoms with Gasteiger partial charge in [-0.15, -0.1) is 0 Å². The van der Waals surface area contributed by atoms with Gasteiger partial charge in [-0.2, -0.15) is 0 Å². The van der Waals surface area contributed by atoms with Gasteiger partial charge in [-0.3, -0.25) is 9.59 Å². The molecule has 110 valence electrons. The fraction of sp³-hybridized carbons (Fsp3) is 0.429. The third-order valence-corrected chi connectivity index (χ3v) is 3.06. The third-order valence-electron chi connectivity index (χ3n) is 3.06. The Morgan fingerprint density at radius 3 is 2.55 bits per heavy atom. The molecule has 0 fully saturated rings. The average molecular weight is 283 g/mol. The second kappa shape index (κ2) is 7.12. The summed E-state index contributed by atoms with van der Waals surface area (Å²) in [7, 11) is 0. The number of carbonyl (C=O) groups is 2. The molecule has 1 aromatic rings. The van der Waals surface area contributed by atoms with Gasteiger partial charge >= 0.3 is 5.97 Å². The minimum atomic E-state index is -1.15. The van der Waals surface area contributed by atoms with Crippen LogP contribution in [-0.2, 0) is 16.0 Å². The molecule has 0 radical (unpaired) electrons. The first-order valence-electron chi connectivity index (χ1n) is 6.25. The topological polar surface area (TPSA) is 101 Å². The van der Waals surface area contributed by atoms with E-state index in [9.17, 15) is 19.1 Å². The molecule has 6 heteroatoms. The van der Waals surface area contributed by atoms with Crippen LogP contribution in [0.2, 0.25) is 0 Å². The maximum atomic E-state index is 13.0. The summed E-state index contributed by atoms with van der Waals surface area (Å²) >= 11 is 0. The van der Waals surface area contributed by atoms with Crippen molar-refractivity contribution in [3.05, 3.63) is 35.6 Å². The van der Waals surface area contributed by atoms with Gasteiger partial charge in [0, 0.05) is 6.42 Å². The molecule has 1 rings (SSSR count). The smallest absolute Gasteiger partial charge is 0.307 e. The molecule has 20 heavy (non-hydrogen) atoms. The largest absolute Gasteiger partial charge is 0.481 e. The van der Waals surface area contributed by atoms with Crippen molar-refractivity contribution in [1.29, 1.82) is 0 Å². The Morgan fingerprint density at radius 2 is 2.05 bits per heavy atom. The third kappa shape index (κ3) is 4.71. The first-order chi connectivity index (χ1) is 9.31. The molecule has 5 nitrogen and oxygen atoms in total. The lowest BCUT2D eigenvalue weighted by atomic mass is 9.91. The highest BCUT2D eigenvalue weighted by atomic mass is 19.1. The van der Waals surface area contributed by atoms with Crippen LogP contribution in [0, 0.1) is 11.7 Å². The number of aliphatic hydroxyl groups is 1. The summed E-state index contributed by atoms with van der Waals surface area (Å²) < 4.78 is 13.0. The van der Waals surface area contributed by atoms with Gasteiger partial charge < -0.3 is 15.9 Å². The van der Waals surface area contributed by atoms with Crippen molar-refractivity contribution < 1.29 is 24.2 Å². The Hall–Kier alpha value is -1.79. The molecule has 0 aliphatic carbocycles. The van der Waals surface area contributed by atoms with Crippen molar-refractivity contribution in [3.63, 3.8) is 0 Å². The van der Waals surface area contributed by atoms with Crippen LogP contribution in [0.1, 0.15) is 18.9 Å². The monoisotopic (exact) mass is 283 g/mol. The van der Waals surface area contributed by atoms with Gasteiger partial charge in [-0.25, -0.2) is 4.39 Å². The van der Waals surface area contributed by atoms with E-state index < -0.39 is 35.6 Å². The van der Waals surface area contributed by atoms with E-state index in [1.54, 1.807) is 6.07 Å². The lowest BCUT2D eigenvalue weighted by Crippen LogP contribution is -2.41. The highest BCUT2D eigenvalue weighted by molar-refractivity contribution is 5.88. The molecular formula is C14H18FNO4. The van der Waals surface area contributed by atoms with Crippen LogP contribution < -0.4 is 5.73 Å². The number of carboxylic acid groups (broad SMARTS) is 1. The molecule has 0 saturated heterocycles. The molecule has 0 aromatic heterocycles. The van der Waals surface area contributed by atoms with Gasteiger partial charge in [0.05, 0.1) is 18.1 Å². The van der Waals surface area contributed by atoms with E-state index in [2.05, 4.69) is 0 Å². The predicted molar refractivity (Wildman–Crippen MR) is 70.5 cm³/mol. The second-order valence-electron chi connectivity index (χ2n) is 4.81. The molecule has 0 bridgehead atoms. The van der Waals surface area contributed by atoms with Gasteiger partial charge in [0.2, 0.25) is 0 Å². The standard InChI is InChI=1S/C14H18FNO4/c1-8(17)13(16)12(18)7-10(14(19)20)5-9-3-2-4-11(15)6-9/h2-4,6,8,10,13,17H,5,7,16H2,1H3,(H,19,20)/t8-,10?,13+/m0/s1. The van der Waals surface area contributed by atoms with E-state index in [0.717, 1.165) is 0 Å². The average Bonchev–Trinajstić information content (AvgIpc) is 2.36. The fourth-order valence-electron chi connectivity index (χ4n) is 1.84. The summed E-state index contributed by atoms with van der Waals surface area (Å²) in [5, 5.41) is 18.3. The number of Topliss-reactive ketones (excluding diaryl/α,β-unsaturated/α-hetero) is 1. The molecule has 0 heterocycles. The molecule has 4 N–H and O–H groups in total. The van der Waals surface area contributed by atoms with Crippen LogP contribution in [0.25, 0.3) is 0 Å². The van der Waals surface area contributed by atoms with E-state index >= 15 is 0 Å². The normalized spacial score (nSPS) is 15.4. The van der Waals surface area contributed by atoms with Crippen LogP contribution in [0.5, 0.6) is 0 Å². The van der Waals surface area contributed by atoms with E-state index in [-0.39, 0.29) is 12.8 Å². The van der Waals surface area contributed by atoms with Crippen molar-refractivity contribution in [3.8, 4) is 0 Å².